The lowest BCUT2D eigenvalue weighted by Gasteiger charge is -2.09. The van der Waals surface area contributed by atoms with E-state index in [-0.39, 0.29) is 17.0 Å². The van der Waals surface area contributed by atoms with Gasteiger partial charge in [0, 0.05) is 11.9 Å². The van der Waals surface area contributed by atoms with Crippen LogP contribution in [0.3, 0.4) is 0 Å². The van der Waals surface area contributed by atoms with Gasteiger partial charge in [-0.1, -0.05) is 6.07 Å². The molecule has 0 N–H and O–H groups in total. The van der Waals surface area contributed by atoms with Gasteiger partial charge in [-0.2, -0.15) is 5.26 Å². The molecule has 0 aliphatic heterocycles. The van der Waals surface area contributed by atoms with Crippen LogP contribution >= 0.6 is 11.6 Å². The summed E-state index contributed by atoms with van der Waals surface area (Å²) >= 11 is 5.78. The summed E-state index contributed by atoms with van der Waals surface area (Å²) in [6.45, 7) is 1.89. The summed E-state index contributed by atoms with van der Waals surface area (Å²) in [6.07, 6.45) is 0. The zero-order valence-electron chi connectivity index (χ0n) is 11.2. The van der Waals surface area contributed by atoms with Crippen molar-refractivity contribution in [2.45, 2.75) is 12.8 Å². The first-order valence-electron chi connectivity index (χ1n) is 6.07. The van der Waals surface area contributed by atoms with Crippen molar-refractivity contribution in [3.8, 4) is 17.6 Å². The molecular formula is C15H11ClN2O3. The molecule has 106 valence electrons. The van der Waals surface area contributed by atoms with Gasteiger partial charge in [0.05, 0.1) is 16.6 Å². The number of nitrogens with zero attached hydrogens (tertiary/aromatic N) is 2. The van der Waals surface area contributed by atoms with Crippen LogP contribution in [-0.2, 0) is 5.88 Å². The summed E-state index contributed by atoms with van der Waals surface area (Å²) in [5, 5.41) is 19.8. The molecule has 5 nitrogen and oxygen atoms in total. The highest BCUT2D eigenvalue weighted by molar-refractivity contribution is 6.17. The van der Waals surface area contributed by atoms with Crippen molar-refractivity contribution in [3.63, 3.8) is 0 Å². The van der Waals surface area contributed by atoms with E-state index in [1.54, 1.807) is 12.1 Å². The van der Waals surface area contributed by atoms with Crippen molar-refractivity contribution in [3.05, 3.63) is 63.2 Å². The van der Waals surface area contributed by atoms with Gasteiger partial charge in [0.15, 0.2) is 0 Å². The number of hydrogen-bond acceptors (Lipinski definition) is 4. The van der Waals surface area contributed by atoms with Gasteiger partial charge in [-0.3, -0.25) is 10.1 Å². The van der Waals surface area contributed by atoms with Gasteiger partial charge < -0.3 is 4.74 Å². The molecule has 0 fully saturated rings. The number of halogens is 1. The predicted molar refractivity (Wildman–Crippen MR) is 78.6 cm³/mol. The fourth-order valence-corrected chi connectivity index (χ4v) is 2.12. The van der Waals surface area contributed by atoms with Crippen molar-refractivity contribution < 1.29 is 9.66 Å². The molecule has 0 bridgehead atoms. The Morgan fingerprint density at radius 1 is 1.33 bits per heavy atom. The Labute approximate surface area is 126 Å². The fraction of sp³-hybridized carbons (Fsp3) is 0.133. The predicted octanol–water partition coefficient (Wildman–Crippen LogP) is 4.31. The van der Waals surface area contributed by atoms with Gasteiger partial charge in [-0.25, -0.2) is 0 Å². The highest BCUT2D eigenvalue weighted by atomic mass is 35.5. The minimum absolute atomic E-state index is 0.0945. The van der Waals surface area contributed by atoms with Crippen molar-refractivity contribution in [2.24, 2.45) is 0 Å². The van der Waals surface area contributed by atoms with Crippen LogP contribution in [0.4, 0.5) is 5.69 Å². The second-order valence-electron chi connectivity index (χ2n) is 4.38. The van der Waals surface area contributed by atoms with Gasteiger partial charge in [-0.05, 0) is 42.3 Å². The lowest BCUT2D eigenvalue weighted by molar-refractivity contribution is -0.385. The highest BCUT2D eigenvalue weighted by Gasteiger charge is 2.17. The second kappa shape index (κ2) is 6.25. The van der Waals surface area contributed by atoms with Crippen LogP contribution in [0.15, 0.2) is 36.4 Å². The quantitative estimate of drug-likeness (QED) is 0.479. The molecule has 0 aliphatic carbocycles. The number of nitro groups is 1. The van der Waals surface area contributed by atoms with E-state index in [1.165, 1.54) is 18.2 Å². The first-order chi connectivity index (χ1) is 10.0. The molecule has 21 heavy (non-hydrogen) atoms. The molecule has 0 atom stereocenters. The number of nitriles is 1. The highest BCUT2D eigenvalue weighted by Crippen LogP contribution is 2.32. The Morgan fingerprint density at radius 2 is 2.10 bits per heavy atom. The molecule has 2 aromatic rings. The van der Waals surface area contributed by atoms with E-state index in [4.69, 9.17) is 21.6 Å². The summed E-state index contributed by atoms with van der Waals surface area (Å²) in [7, 11) is 0. The standard InChI is InChI=1S/C15H11ClN2O3/c1-10-6-13(4-3-12(10)8-16)21-15-5-2-11(9-17)7-14(15)18(19)20/h2-7H,8H2,1H3. The number of aryl methyl sites for hydroxylation is 1. The molecule has 0 radical (unpaired) electrons. The Bertz CT molecular complexity index is 738. The molecule has 6 heteroatoms. The smallest absolute Gasteiger partial charge is 0.312 e. The van der Waals surface area contributed by atoms with Crippen LogP contribution in [0.2, 0.25) is 0 Å². The maximum absolute atomic E-state index is 11.0. The summed E-state index contributed by atoms with van der Waals surface area (Å²) in [5.41, 5.74) is 1.88. The summed E-state index contributed by atoms with van der Waals surface area (Å²) < 4.78 is 5.56. The van der Waals surface area contributed by atoms with E-state index in [9.17, 15) is 10.1 Å². The Kier molecular flexibility index (Phi) is 4.41. The topological polar surface area (TPSA) is 76.2 Å². The van der Waals surface area contributed by atoms with E-state index in [0.717, 1.165) is 11.1 Å². The third kappa shape index (κ3) is 3.30. The largest absolute Gasteiger partial charge is 0.450 e. The minimum Gasteiger partial charge on any atom is -0.450 e. The average Bonchev–Trinajstić information content (AvgIpc) is 2.47. The molecule has 0 saturated heterocycles. The number of hydrogen-bond donors (Lipinski definition) is 0. The van der Waals surface area contributed by atoms with Crippen molar-refractivity contribution >= 4 is 17.3 Å². The van der Waals surface area contributed by atoms with Gasteiger partial charge >= 0.3 is 5.69 Å². The molecule has 0 amide bonds. The monoisotopic (exact) mass is 302 g/mol. The van der Waals surface area contributed by atoms with E-state index < -0.39 is 4.92 Å². The van der Waals surface area contributed by atoms with Crippen molar-refractivity contribution in [2.75, 3.05) is 0 Å². The maximum atomic E-state index is 11.0. The SMILES string of the molecule is Cc1cc(Oc2ccc(C#N)cc2[N+](=O)[O-])ccc1CCl. The molecule has 0 saturated carbocycles. The lowest BCUT2D eigenvalue weighted by Crippen LogP contribution is -1.95. The molecule has 0 heterocycles. The number of benzene rings is 2. The zero-order valence-corrected chi connectivity index (χ0v) is 11.9. The number of ether oxygens (including phenoxy) is 1. The van der Waals surface area contributed by atoms with Crippen LogP contribution < -0.4 is 4.74 Å². The van der Waals surface area contributed by atoms with Crippen LogP contribution in [0, 0.1) is 28.4 Å². The normalized spacial score (nSPS) is 9.95. The summed E-state index contributed by atoms with van der Waals surface area (Å²) in [6, 6.07) is 11.2. The number of nitro benzene ring substituents is 1. The molecule has 0 unspecified atom stereocenters. The van der Waals surface area contributed by atoms with E-state index >= 15 is 0 Å². The maximum Gasteiger partial charge on any atom is 0.312 e. The van der Waals surface area contributed by atoms with Crippen LogP contribution in [0.1, 0.15) is 16.7 Å². The van der Waals surface area contributed by atoms with Gasteiger partial charge in [-0.15, -0.1) is 11.6 Å². The fourth-order valence-electron chi connectivity index (χ4n) is 1.82. The number of alkyl halides is 1. The second-order valence-corrected chi connectivity index (χ2v) is 4.64. The Balaban J connectivity index is 2.37. The zero-order chi connectivity index (χ0) is 15.4. The molecule has 0 aliphatic rings. The third-order valence-corrected chi connectivity index (χ3v) is 3.26. The molecule has 0 spiro atoms. The van der Waals surface area contributed by atoms with Gasteiger partial charge in [0.2, 0.25) is 5.75 Å². The summed E-state index contributed by atoms with van der Waals surface area (Å²) in [4.78, 5) is 10.5. The van der Waals surface area contributed by atoms with Gasteiger partial charge in [0.25, 0.3) is 0 Å². The Morgan fingerprint density at radius 3 is 2.67 bits per heavy atom. The average molecular weight is 303 g/mol. The first-order valence-corrected chi connectivity index (χ1v) is 6.60. The first kappa shape index (κ1) is 14.8. The minimum atomic E-state index is -0.573. The van der Waals surface area contributed by atoms with Crippen molar-refractivity contribution in [1.29, 1.82) is 5.26 Å². The number of rotatable bonds is 4. The molecule has 2 rings (SSSR count). The van der Waals surface area contributed by atoms with E-state index in [0.29, 0.717) is 11.6 Å². The molecule has 0 aromatic heterocycles. The summed E-state index contributed by atoms with van der Waals surface area (Å²) in [5.74, 6) is 0.967. The van der Waals surface area contributed by atoms with E-state index in [2.05, 4.69) is 0 Å². The van der Waals surface area contributed by atoms with Crippen LogP contribution in [0.25, 0.3) is 0 Å². The molecule has 2 aromatic carbocycles. The van der Waals surface area contributed by atoms with Crippen molar-refractivity contribution in [1.82, 2.24) is 0 Å². The van der Waals surface area contributed by atoms with Crippen LogP contribution in [-0.4, -0.2) is 4.92 Å². The Hall–Kier alpha value is -2.58. The lowest BCUT2D eigenvalue weighted by atomic mass is 10.1. The molecular weight excluding hydrogens is 292 g/mol. The van der Waals surface area contributed by atoms with Crippen LogP contribution in [0.5, 0.6) is 11.5 Å². The van der Waals surface area contributed by atoms with E-state index in [1.807, 2.05) is 19.1 Å². The third-order valence-electron chi connectivity index (χ3n) is 2.97. The van der Waals surface area contributed by atoms with Gasteiger partial charge in [0.1, 0.15) is 5.75 Å².